The lowest BCUT2D eigenvalue weighted by molar-refractivity contribution is 0.264. The number of halogens is 1. The second-order valence-electron chi connectivity index (χ2n) is 5.91. The quantitative estimate of drug-likeness (QED) is 0.941. The number of nitrogens with one attached hydrogen (secondary N) is 1. The van der Waals surface area contributed by atoms with Gasteiger partial charge in [-0.15, -0.1) is 0 Å². The van der Waals surface area contributed by atoms with Gasteiger partial charge in [0.15, 0.2) is 5.65 Å². The van der Waals surface area contributed by atoms with Gasteiger partial charge in [0.2, 0.25) is 0 Å². The first-order valence-electron chi connectivity index (χ1n) is 7.32. The van der Waals surface area contributed by atoms with Crippen molar-refractivity contribution in [1.82, 2.24) is 14.3 Å². The van der Waals surface area contributed by atoms with E-state index in [2.05, 4.69) is 28.8 Å². The van der Waals surface area contributed by atoms with Gasteiger partial charge in [0.05, 0.1) is 22.6 Å². The van der Waals surface area contributed by atoms with Gasteiger partial charge in [-0.2, -0.15) is 0 Å². The fraction of sp³-hybridized carbons (Fsp3) is 0.438. The fourth-order valence-electron chi connectivity index (χ4n) is 2.85. The Balaban J connectivity index is 1.93. The molecule has 2 aromatic heterocycles. The molecule has 5 heteroatoms. The van der Waals surface area contributed by atoms with Crippen LogP contribution in [0, 0.1) is 0 Å². The standard InChI is InChI=1S/C16H21ClN4/c1-11(2)15-9-18-16-14(8-12(17)10-21(15)16)19-13-4-6-20(3)7-5-13/h8-10,13,19H,1,4-7H2,2-3H3. The minimum Gasteiger partial charge on any atom is -0.379 e. The van der Waals surface area contributed by atoms with Crippen LogP contribution in [0.3, 0.4) is 0 Å². The molecule has 3 rings (SSSR count). The van der Waals surface area contributed by atoms with E-state index in [1.54, 1.807) is 0 Å². The SMILES string of the molecule is C=C(C)c1cnc2c(NC3CCN(C)CC3)cc(Cl)cn12. The predicted molar refractivity (Wildman–Crippen MR) is 89.1 cm³/mol. The molecule has 1 N–H and O–H groups in total. The van der Waals surface area contributed by atoms with Crippen LogP contribution in [-0.4, -0.2) is 40.5 Å². The molecule has 1 aliphatic heterocycles. The Labute approximate surface area is 130 Å². The summed E-state index contributed by atoms with van der Waals surface area (Å²) in [5.74, 6) is 0. The summed E-state index contributed by atoms with van der Waals surface area (Å²) in [6.07, 6.45) is 6.04. The molecule has 1 saturated heterocycles. The van der Waals surface area contributed by atoms with Crippen molar-refractivity contribution in [2.75, 3.05) is 25.5 Å². The van der Waals surface area contributed by atoms with Gasteiger partial charge < -0.3 is 10.2 Å². The summed E-state index contributed by atoms with van der Waals surface area (Å²) >= 11 is 6.27. The van der Waals surface area contributed by atoms with Gasteiger partial charge >= 0.3 is 0 Å². The van der Waals surface area contributed by atoms with Crippen molar-refractivity contribution in [3.8, 4) is 0 Å². The van der Waals surface area contributed by atoms with E-state index in [-0.39, 0.29) is 0 Å². The van der Waals surface area contributed by atoms with Gasteiger partial charge in [-0.25, -0.2) is 4.98 Å². The molecule has 1 fully saturated rings. The molecule has 1 aliphatic rings. The molecule has 0 aromatic carbocycles. The third kappa shape index (κ3) is 2.92. The van der Waals surface area contributed by atoms with E-state index in [1.807, 2.05) is 29.8 Å². The third-order valence-electron chi connectivity index (χ3n) is 4.09. The number of anilines is 1. The zero-order valence-corrected chi connectivity index (χ0v) is 13.3. The van der Waals surface area contributed by atoms with Crippen LogP contribution < -0.4 is 5.32 Å². The minimum absolute atomic E-state index is 0.480. The lowest BCUT2D eigenvalue weighted by Gasteiger charge is -2.30. The van der Waals surface area contributed by atoms with E-state index in [1.165, 1.54) is 0 Å². The van der Waals surface area contributed by atoms with E-state index in [0.29, 0.717) is 11.1 Å². The predicted octanol–water partition coefficient (Wildman–Crippen LogP) is 3.53. The maximum atomic E-state index is 6.27. The molecule has 112 valence electrons. The number of aromatic nitrogens is 2. The number of piperidine rings is 1. The molecular weight excluding hydrogens is 284 g/mol. The molecule has 0 amide bonds. The molecule has 0 aliphatic carbocycles. The second kappa shape index (κ2) is 5.70. The molecule has 2 aromatic rings. The number of pyridine rings is 1. The molecule has 0 atom stereocenters. The van der Waals surface area contributed by atoms with Crippen molar-refractivity contribution in [3.63, 3.8) is 0 Å². The van der Waals surface area contributed by atoms with Gasteiger partial charge in [0.1, 0.15) is 0 Å². The number of allylic oxidation sites excluding steroid dienone is 1. The van der Waals surface area contributed by atoms with Crippen LogP contribution in [0.15, 0.2) is 25.0 Å². The Kier molecular flexibility index (Phi) is 3.91. The maximum Gasteiger partial charge on any atom is 0.160 e. The van der Waals surface area contributed by atoms with Gasteiger partial charge in [-0.05, 0) is 51.5 Å². The summed E-state index contributed by atoms with van der Waals surface area (Å²) in [4.78, 5) is 6.89. The highest BCUT2D eigenvalue weighted by molar-refractivity contribution is 6.30. The number of likely N-dealkylation sites (tertiary alicyclic amines) is 1. The third-order valence-corrected chi connectivity index (χ3v) is 4.29. The van der Waals surface area contributed by atoms with Gasteiger partial charge in [0.25, 0.3) is 0 Å². The molecule has 0 radical (unpaired) electrons. The summed E-state index contributed by atoms with van der Waals surface area (Å²) in [6, 6.07) is 2.44. The van der Waals surface area contributed by atoms with Crippen molar-refractivity contribution in [2.45, 2.75) is 25.8 Å². The van der Waals surface area contributed by atoms with Crippen molar-refractivity contribution in [2.24, 2.45) is 0 Å². The molecule has 0 unspecified atom stereocenters. The molecule has 4 nitrogen and oxygen atoms in total. The van der Waals surface area contributed by atoms with Crippen LogP contribution >= 0.6 is 11.6 Å². The summed E-state index contributed by atoms with van der Waals surface area (Å²) in [5.41, 5.74) is 3.90. The Morgan fingerprint density at radius 2 is 2.14 bits per heavy atom. The highest BCUT2D eigenvalue weighted by Gasteiger charge is 2.18. The van der Waals surface area contributed by atoms with Crippen LogP contribution in [0.1, 0.15) is 25.5 Å². The molecule has 0 bridgehead atoms. The van der Waals surface area contributed by atoms with Gasteiger partial charge in [-0.3, -0.25) is 4.40 Å². The Bertz CT molecular complexity index is 668. The molecule has 0 spiro atoms. The number of rotatable bonds is 3. The molecule has 21 heavy (non-hydrogen) atoms. The zero-order chi connectivity index (χ0) is 15.0. The van der Waals surface area contributed by atoms with Crippen LogP contribution in [0.5, 0.6) is 0 Å². The largest absolute Gasteiger partial charge is 0.379 e. The van der Waals surface area contributed by atoms with E-state index in [9.17, 15) is 0 Å². The topological polar surface area (TPSA) is 32.6 Å². The zero-order valence-electron chi connectivity index (χ0n) is 12.6. The lowest BCUT2D eigenvalue weighted by Crippen LogP contribution is -2.36. The molecule has 3 heterocycles. The van der Waals surface area contributed by atoms with Crippen LogP contribution in [0.25, 0.3) is 11.2 Å². The van der Waals surface area contributed by atoms with Crippen molar-refractivity contribution < 1.29 is 0 Å². The van der Waals surface area contributed by atoms with E-state index in [4.69, 9.17) is 11.6 Å². The van der Waals surface area contributed by atoms with Crippen LogP contribution in [0.2, 0.25) is 5.02 Å². The smallest absolute Gasteiger partial charge is 0.160 e. The summed E-state index contributed by atoms with van der Waals surface area (Å²) < 4.78 is 2.02. The van der Waals surface area contributed by atoms with Crippen LogP contribution in [0.4, 0.5) is 5.69 Å². The van der Waals surface area contributed by atoms with E-state index >= 15 is 0 Å². The second-order valence-corrected chi connectivity index (χ2v) is 6.35. The van der Waals surface area contributed by atoms with Crippen molar-refractivity contribution >= 4 is 28.5 Å². The first-order valence-corrected chi connectivity index (χ1v) is 7.70. The first-order chi connectivity index (χ1) is 10.0. The average Bonchev–Trinajstić information content (AvgIpc) is 2.85. The first kappa shape index (κ1) is 14.4. The number of hydrogen-bond donors (Lipinski definition) is 1. The van der Waals surface area contributed by atoms with E-state index < -0.39 is 0 Å². The molecule has 0 saturated carbocycles. The number of fused-ring (bicyclic) bond motifs is 1. The Morgan fingerprint density at radius 3 is 2.81 bits per heavy atom. The fourth-order valence-corrected chi connectivity index (χ4v) is 3.06. The number of hydrogen-bond acceptors (Lipinski definition) is 3. The van der Waals surface area contributed by atoms with Crippen molar-refractivity contribution in [3.05, 3.63) is 35.8 Å². The highest BCUT2D eigenvalue weighted by atomic mass is 35.5. The average molecular weight is 305 g/mol. The normalized spacial score (nSPS) is 17.3. The summed E-state index contributed by atoms with van der Waals surface area (Å²) in [7, 11) is 2.17. The lowest BCUT2D eigenvalue weighted by atomic mass is 10.1. The number of imidazole rings is 1. The van der Waals surface area contributed by atoms with Gasteiger partial charge in [-0.1, -0.05) is 18.2 Å². The Morgan fingerprint density at radius 1 is 1.43 bits per heavy atom. The number of nitrogens with zero attached hydrogens (tertiary/aromatic N) is 3. The minimum atomic E-state index is 0.480. The van der Waals surface area contributed by atoms with Gasteiger partial charge in [0, 0.05) is 12.2 Å². The van der Waals surface area contributed by atoms with Crippen molar-refractivity contribution in [1.29, 1.82) is 0 Å². The van der Waals surface area contributed by atoms with Crippen LogP contribution in [-0.2, 0) is 0 Å². The van der Waals surface area contributed by atoms with E-state index in [0.717, 1.165) is 48.5 Å². The molecular formula is C16H21ClN4. The summed E-state index contributed by atoms with van der Waals surface area (Å²) in [6.45, 7) is 8.23. The Hall–Kier alpha value is -1.52. The maximum absolute atomic E-state index is 6.27. The highest BCUT2D eigenvalue weighted by Crippen LogP contribution is 2.26. The summed E-state index contributed by atoms with van der Waals surface area (Å²) in [5, 5.41) is 4.32. The monoisotopic (exact) mass is 304 g/mol.